The first-order chi connectivity index (χ1) is 5.36. The van der Waals surface area contributed by atoms with E-state index in [1.165, 1.54) is 0 Å². The number of hydrogen-bond donors (Lipinski definition) is 1. The lowest BCUT2D eigenvalue weighted by molar-refractivity contribution is 1.05. The van der Waals surface area contributed by atoms with Crippen LogP contribution in [0.25, 0.3) is 0 Å². The lowest BCUT2D eigenvalue weighted by Crippen LogP contribution is -2.18. The number of nitrogens with zero attached hydrogens (tertiary/aromatic N) is 1. The Hall–Kier alpha value is -1.31. The van der Waals surface area contributed by atoms with Gasteiger partial charge in [0.2, 0.25) is 0 Å². The number of nitrogens with one attached hydrogen (secondary N) is 1. The number of anilines is 1. The molecule has 0 spiro atoms. The van der Waals surface area contributed by atoms with Crippen molar-refractivity contribution in [3.8, 4) is 0 Å². The lowest BCUT2D eigenvalue weighted by Gasteiger charge is -2.17. The van der Waals surface area contributed by atoms with Crippen molar-refractivity contribution in [2.45, 2.75) is 13.0 Å². The van der Waals surface area contributed by atoms with Gasteiger partial charge in [0.1, 0.15) is 0 Å². The maximum absolute atomic E-state index is 4.29. The summed E-state index contributed by atoms with van der Waals surface area (Å²) in [6.45, 7) is 2.08. The zero-order valence-corrected chi connectivity index (χ0v) is 6.41. The fraction of sp³-hybridized carbons (Fsp3) is 0.222. The molecule has 2 nitrogen and oxygen atoms in total. The summed E-state index contributed by atoms with van der Waals surface area (Å²) in [6, 6.07) is 8.41. The fourth-order valence-electron chi connectivity index (χ4n) is 1.18. The molecule has 0 saturated carbocycles. The summed E-state index contributed by atoms with van der Waals surface area (Å²) in [5, 5.41) is 3.31. The van der Waals surface area contributed by atoms with E-state index in [4.69, 9.17) is 0 Å². The Kier molecular flexibility index (Phi) is 1.39. The van der Waals surface area contributed by atoms with Gasteiger partial charge in [-0.25, -0.2) is 0 Å². The highest BCUT2D eigenvalue weighted by atomic mass is 15.0. The van der Waals surface area contributed by atoms with Crippen LogP contribution in [0.5, 0.6) is 0 Å². The molecule has 0 unspecified atom stereocenters. The second kappa shape index (κ2) is 2.38. The summed E-state index contributed by atoms with van der Waals surface area (Å²) in [7, 11) is 0. The van der Waals surface area contributed by atoms with E-state index >= 15 is 0 Å². The van der Waals surface area contributed by atoms with E-state index in [0.29, 0.717) is 6.04 Å². The molecule has 1 aromatic carbocycles. The summed E-state index contributed by atoms with van der Waals surface area (Å²) >= 11 is 0. The molecule has 1 aromatic rings. The molecule has 1 atom stereocenters. The molecule has 1 heterocycles. The summed E-state index contributed by atoms with van der Waals surface area (Å²) in [4.78, 5) is 4.29. The number of fused-ring (bicyclic) bond motifs is 1. The minimum Gasteiger partial charge on any atom is -0.376 e. The molecule has 56 valence electrons. The monoisotopic (exact) mass is 146 g/mol. The molecule has 0 fully saturated rings. The van der Waals surface area contributed by atoms with Crippen LogP contribution in [0, 0.1) is 0 Å². The van der Waals surface area contributed by atoms with Gasteiger partial charge in [0.25, 0.3) is 0 Å². The van der Waals surface area contributed by atoms with Crippen LogP contribution < -0.4 is 5.32 Å². The van der Waals surface area contributed by atoms with Crippen LogP contribution in [0.2, 0.25) is 0 Å². The number of hydrogen-bond acceptors (Lipinski definition) is 2. The Labute approximate surface area is 66.0 Å². The number of aliphatic imine (C=N–C) groups is 1. The third kappa shape index (κ3) is 1.11. The van der Waals surface area contributed by atoms with Crippen LogP contribution in [0.1, 0.15) is 6.92 Å². The van der Waals surface area contributed by atoms with E-state index in [1.807, 2.05) is 30.5 Å². The standard InChI is InChI=1S/C9H10N2/c1-7-6-10-8-4-2-3-5-9(8)11-7/h2-7,11H,1H3/t7-/m0/s1. The summed E-state index contributed by atoms with van der Waals surface area (Å²) in [6.07, 6.45) is 1.92. The van der Waals surface area contributed by atoms with E-state index in [-0.39, 0.29) is 0 Å². The predicted molar refractivity (Wildman–Crippen MR) is 47.7 cm³/mol. The third-order valence-corrected chi connectivity index (χ3v) is 1.72. The molecule has 1 aliphatic rings. The van der Waals surface area contributed by atoms with Gasteiger partial charge in [0.15, 0.2) is 0 Å². The second-order valence-corrected chi connectivity index (χ2v) is 2.73. The molecule has 0 saturated heterocycles. The first-order valence-electron chi connectivity index (χ1n) is 3.76. The quantitative estimate of drug-likeness (QED) is 0.596. The maximum Gasteiger partial charge on any atom is 0.0858 e. The van der Waals surface area contributed by atoms with Gasteiger partial charge in [-0.1, -0.05) is 12.1 Å². The molecular formula is C9H10N2. The molecular weight excluding hydrogens is 136 g/mol. The van der Waals surface area contributed by atoms with Gasteiger partial charge < -0.3 is 5.32 Å². The van der Waals surface area contributed by atoms with Crippen molar-refractivity contribution < 1.29 is 0 Å². The molecule has 1 N–H and O–H groups in total. The highest BCUT2D eigenvalue weighted by molar-refractivity contribution is 5.82. The van der Waals surface area contributed by atoms with E-state index < -0.39 is 0 Å². The Morgan fingerprint density at radius 3 is 3.09 bits per heavy atom. The van der Waals surface area contributed by atoms with E-state index in [0.717, 1.165) is 11.4 Å². The predicted octanol–water partition coefficient (Wildman–Crippen LogP) is 2.20. The van der Waals surface area contributed by atoms with Crippen LogP contribution in [0.4, 0.5) is 11.4 Å². The molecule has 2 rings (SSSR count). The van der Waals surface area contributed by atoms with Crippen LogP contribution in [-0.2, 0) is 0 Å². The molecule has 2 heteroatoms. The van der Waals surface area contributed by atoms with Crippen molar-refractivity contribution in [3.63, 3.8) is 0 Å². The van der Waals surface area contributed by atoms with Gasteiger partial charge in [-0.05, 0) is 19.1 Å². The Morgan fingerprint density at radius 1 is 1.36 bits per heavy atom. The van der Waals surface area contributed by atoms with Gasteiger partial charge in [-0.15, -0.1) is 0 Å². The van der Waals surface area contributed by atoms with Crippen molar-refractivity contribution >= 4 is 17.6 Å². The average molecular weight is 146 g/mol. The third-order valence-electron chi connectivity index (χ3n) is 1.72. The number of para-hydroxylation sites is 2. The molecule has 1 aliphatic heterocycles. The molecule has 0 aromatic heterocycles. The molecule has 0 aliphatic carbocycles. The van der Waals surface area contributed by atoms with Crippen LogP contribution in [-0.4, -0.2) is 12.3 Å². The molecule has 11 heavy (non-hydrogen) atoms. The highest BCUT2D eigenvalue weighted by Gasteiger charge is 2.07. The van der Waals surface area contributed by atoms with Crippen LogP contribution in [0.15, 0.2) is 29.3 Å². The number of benzene rings is 1. The zero-order valence-electron chi connectivity index (χ0n) is 6.41. The molecule has 0 amide bonds. The van der Waals surface area contributed by atoms with E-state index in [9.17, 15) is 0 Å². The normalized spacial score (nSPS) is 20.6. The first-order valence-corrected chi connectivity index (χ1v) is 3.76. The second-order valence-electron chi connectivity index (χ2n) is 2.73. The summed E-state index contributed by atoms with van der Waals surface area (Å²) in [5.74, 6) is 0. The molecule has 0 radical (unpaired) electrons. The first kappa shape index (κ1) is 6.40. The lowest BCUT2D eigenvalue weighted by atomic mass is 10.2. The topological polar surface area (TPSA) is 24.4 Å². The van der Waals surface area contributed by atoms with Crippen molar-refractivity contribution in [1.82, 2.24) is 0 Å². The Morgan fingerprint density at radius 2 is 2.18 bits per heavy atom. The van der Waals surface area contributed by atoms with Gasteiger partial charge >= 0.3 is 0 Å². The summed E-state index contributed by atoms with van der Waals surface area (Å²) in [5.41, 5.74) is 2.16. The van der Waals surface area contributed by atoms with Crippen molar-refractivity contribution in [2.75, 3.05) is 5.32 Å². The minimum atomic E-state index is 0.352. The smallest absolute Gasteiger partial charge is 0.0858 e. The van der Waals surface area contributed by atoms with Crippen molar-refractivity contribution in [1.29, 1.82) is 0 Å². The van der Waals surface area contributed by atoms with Gasteiger partial charge in [0.05, 0.1) is 17.4 Å². The van der Waals surface area contributed by atoms with Crippen LogP contribution in [0.3, 0.4) is 0 Å². The van der Waals surface area contributed by atoms with Crippen molar-refractivity contribution in [3.05, 3.63) is 24.3 Å². The van der Waals surface area contributed by atoms with Crippen molar-refractivity contribution in [2.24, 2.45) is 4.99 Å². The zero-order chi connectivity index (χ0) is 7.68. The van der Waals surface area contributed by atoms with Gasteiger partial charge in [-0.2, -0.15) is 0 Å². The largest absolute Gasteiger partial charge is 0.376 e. The Bertz CT molecular complexity index is 291. The van der Waals surface area contributed by atoms with Gasteiger partial charge in [0, 0.05) is 6.21 Å². The molecule has 0 bridgehead atoms. The van der Waals surface area contributed by atoms with E-state index in [2.05, 4.69) is 17.2 Å². The SMILES string of the molecule is C[C@H]1C=Nc2ccccc2N1. The minimum absolute atomic E-state index is 0.352. The average Bonchev–Trinajstić information content (AvgIpc) is 2.04. The van der Waals surface area contributed by atoms with Gasteiger partial charge in [-0.3, -0.25) is 4.99 Å². The Balaban J connectivity index is 2.46. The maximum atomic E-state index is 4.29. The fourth-order valence-corrected chi connectivity index (χ4v) is 1.18. The number of rotatable bonds is 0. The van der Waals surface area contributed by atoms with Crippen LogP contribution >= 0.6 is 0 Å². The summed E-state index contributed by atoms with van der Waals surface area (Å²) < 4.78 is 0. The van der Waals surface area contributed by atoms with E-state index in [1.54, 1.807) is 0 Å². The highest BCUT2D eigenvalue weighted by Crippen LogP contribution is 2.26.